The Morgan fingerprint density at radius 1 is 1.30 bits per heavy atom. The molecule has 0 saturated carbocycles. The second-order valence-electron chi connectivity index (χ2n) is 5.96. The predicted molar refractivity (Wildman–Crippen MR) is 81.9 cm³/mol. The SMILES string of the molecule is CN=C(NCCS(=O)(=O)C(C)(C)C)NC1CCOCC1. The Hall–Kier alpha value is -0.820. The van der Waals surface area contributed by atoms with Gasteiger partial charge in [0.1, 0.15) is 0 Å². The van der Waals surface area contributed by atoms with Crippen molar-refractivity contribution in [3.63, 3.8) is 0 Å². The molecule has 0 amide bonds. The van der Waals surface area contributed by atoms with Gasteiger partial charge in [0, 0.05) is 32.8 Å². The first-order valence-electron chi connectivity index (χ1n) is 7.03. The molecule has 0 aliphatic carbocycles. The first kappa shape index (κ1) is 17.2. The lowest BCUT2D eigenvalue weighted by Gasteiger charge is -2.25. The van der Waals surface area contributed by atoms with Crippen molar-refractivity contribution >= 4 is 15.8 Å². The molecule has 1 aliphatic rings. The van der Waals surface area contributed by atoms with Crippen LogP contribution >= 0.6 is 0 Å². The summed E-state index contributed by atoms with van der Waals surface area (Å²) in [5.41, 5.74) is 0. The van der Waals surface area contributed by atoms with E-state index in [1.807, 2.05) is 0 Å². The highest BCUT2D eigenvalue weighted by Gasteiger charge is 2.28. The first-order valence-corrected chi connectivity index (χ1v) is 8.69. The van der Waals surface area contributed by atoms with Gasteiger partial charge < -0.3 is 15.4 Å². The molecule has 0 aromatic rings. The first-order chi connectivity index (χ1) is 9.26. The van der Waals surface area contributed by atoms with Crippen molar-refractivity contribution in [2.45, 2.75) is 44.4 Å². The lowest BCUT2D eigenvalue weighted by Crippen LogP contribution is -2.47. The standard InChI is InChI=1S/C13H27N3O3S/c1-13(2,3)20(17,18)10-7-15-12(14-4)16-11-5-8-19-9-6-11/h11H,5-10H2,1-4H3,(H2,14,15,16). The van der Waals surface area contributed by atoms with E-state index in [1.54, 1.807) is 27.8 Å². The minimum absolute atomic E-state index is 0.102. The van der Waals surface area contributed by atoms with Crippen LogP contribution in [-0.2, 0) is 14.6 Å². The van der Waals surface area contributed by atoms with E-state index < -0.39 is 14.6 Å². The number of hydrogen-bond acceptors (Lipinski definition) is 4. The zero-order chi connectivity index (χ0) is 15.2. The van der Waals surface area contributed by atoms with Gasteiger partial charge >= 0.3 is 0 Å². The molecule has 0 aromatic heterocycles. The molecule has 0 aromatic carbocycles. The van der Waals surface area contributed by atoms with E-state index >= 15 is 0 Å². The van der Waals surface area contributed by atoms with Crippen LogP contribution in [0.5, 0.6) is 0 Å². The molecule has 1 heterocycles. The molecule has 1 rings (SSSR count). The summed E-state index contributed by atoms with van der Waals surface area (Å²) in [5.74, 6) is 0.756. The quantitative estimate of drug-likeness (QED) is 0.585. The van der Waals surface area contributed by atoms with Crippen LogP contribution in [0, 0.1) is 0 Å². The molecule has 0 atom stereocenters. The predicted octanol–water partition coefficient (Wildman–Crippen LogP) is 0.544. The summed E-state index contributed by atoms with van der Waals surface area (Å²) >= 11 is 0. The molecule has 0 bridgehead atoms. The summed E-state index contributed by atoms with van der Waals surface area (Å²) in [6.45, 7) is 7.04. The van der Waals surface area contributed by atoms with Gasteiger partial charge in [0.2, 0.25) is 0 Å². The minimum Gasteiger partial charge on any atom is -0.381 e. The van der Waals surface area contributed by atoms with Crippen LogP contribution in [0.1, 0.15) is 33.6 Å². The molecular formula is C13H27N3O3S. The Morgan fingerprint density at radius 3 is 2.40 bits per heavy atom. The third-order valence-corrected chi connectivity index (χ3v) is 5.99. The van der Waals surface area contributed by atoms with Crippen molar-refractivity contribution < 1.29 is 13.2 Å². The summed E-state index contributed by atoms with van der Waals surface area (Å²) < 4.78 is 28.6. The monoisotopic (exact) mass is 305 g/mol. The average molecular weight is 305 g/mol. The van der Waals surface area contributed by atoms with Gasteiger partial charge in [-0.05, 0) is 33.6 Å². The molecule has 0 radical (unpaired) electrons. The topological polar surface area (TPSA) is 79.8 Å². The zero-order valence-corrected chi connectivity index (χ0v) is 13.7. The van der Waals surface area contributed by atoms with E-state index in [1.165, 1.54) is 0 Å². The number of guanidine groups is 1. The molecule has 20 heavy (non-hydrogen) atoms. The summed E-state index contributed by atoms with van der Waals surface area (Å²) in [6.07, 6.45) is 1.89. The van der Waals surface area contributed by atoms with E-state index in [0.717, 1.165) is 26.1 Å². The second-order valence-corrected chi connectivity index (χ2v) is 8.82. The van der Waals surface area contributed by atoms with Gasteiger partial charge in [-0.15, -0.1) is 0 Å². The highest BCUT2D eigenvalue weighted by atomic mass is 32.2. The van der Waals surface area contributed by atoms with Gasteiger partial charge in [0.05, 0.1) is 10.5 Å². The third-order valence-electron chi connectivity index (χ3n) is 3.38. The zero-order valence-electron chi connectivity index (χ0n) is 12.9. The van der Waals surface area contributed by atoms with Crippen LogP contribution in [0.25, 0.3) is 0 Å². The van der Waals surface area contributed by atoms with Crippen LogP contribution in [0.3, 0.4) is 0 Å². The second kappa shape index (κ2) is 7.26. The van der Waals surface area contributed by atoms with Crippen LogP contribution in [0.15, 0.2) is 4.99 Å². The van der Waals surface area contributed by atoms with Crippen LogP contribution in [0.4, 0.5) is 0 Å². The normalized spacial score (nSPS) is 18.9. The fourth-order valence-corrected chi connectivity index (χ4v) is 2.82. The Morgan fingerprint density at radius 2 is 1.90 bits per heavy atom. The van der Waals surface area contributed by atoms with Gasteiger partial charge in [-0.3, -0.25) is 4.99 Å². The van der Waals surface area contributed by atoms with E-state index in [9.17, 15) is 8.42 Å². The van der Waals surface area contributed by atoms with Crippen molar-refractivity contribution in [1.29, 1.82) is 0 Å². The summed E-state index contributed by atoms with van der Waals surface area (Å²) in [7, 11) is -1.41. The van der Waals surface area contributed by atoms with Crippen molar-refractivity contribution in [3.8, 4) is 0 Å². The number of rotatable bonds is 4. The fraction of sp³-hybridized carbons (Fsp3) is 0.923. The lowest BCUT2D eigenvalue weighted by atomic mass is 10.1. The Kier molecular flexibility index (Phi) is 6.26. The molecule has 2 N–H and O–H groups in total. The summed E-state index contributed by atoms with van der Waals surface area (Å²) in [6, 6.07) is 0.342. The van der Waals surface area contributed by atoms with Crippen molar-refractivity contribution in [3.05, 3.63) is 0 Å². The largest absolute Gasteiger partial charge is 0.381 e. The molecule has 0 spiro atoms. The molecule has 7 heteroatoms. The van der Waals surface area contributed by atoms with Crippen LogP contribution in [-0.4, -0.2) is 57.7 Å². The molecule has 1 saturated heterocycles. The van der Waals surface area contributed by atoms with Crippen molar-refractivity contribution in [2.75, 3.05) is 32.6 Å². The minimum atomic E-state index is -3.10. The Bertz CT molecular complexity index is 421. The molecule has 118 valence electrons. The highest BCUT2D eigenvalue weighted by molar-refractivity contribution is 7.92. The van der Waals surface area contributed by atoms with Crippen LogP contribution in [0.2, 0.25) is 0 Å². The molecule has 6 nitrogen and oxygen atoms in total. The lowest BCUT2D eigenvalue weighted by molar-refractivity contribution is 0.0822. The third kappa shape index (κ3) is 5.28. The number of ether oxygens (including phenoxy) is 1. The van der Waals surface area contributed by atoms with E-state index in [2.05, 4.69) is 15.6 Å². The number of sulfone groups is 1. The summed E-state index contributed by atoms with van der Waals surface area (Å²) in [5, 5.41) is 6.36. The Labute approximate surface area is 122 Å². The van der Waals surface area contributed by atoms with Crippen LogP contribution < -0.4 is 10.6 Å². The van der Waals surface area contributed by atoms with Gasteiger partial charge in [-0.1, -0.05) is 0 Å². The average Bonchev–Trinajstić information content (AvgIpc) is 2.37. The fourth-order valence-electron chi connectivity index (χ4n) is 1.84. The molecule has 1 aliphatic heterocycles. The smallest absolute Gasteiger partial charge is 0.191 e. The Balaban J connectivity index is 2.39. The molecular weight excluding hydrogens is 278 g/mol. The maximum Gasteiger partial charge on any atom is 0.191 e. The maximum absolute atomic E-state index is 12.0. The van der Waals surface area contributed by atoms with Gasteiger partial charge in [0.25, 0.3) is 0 Å². The maximum atomic E-state index is 12.0. The highest BCUT2D eigenvalue weighted by Crippen LogP contribution is 2.15. The molecule has 0 unspecified atom stereocenters. The van der Waals surface area contributed by atoms with E-state index in [4.69, 9.17) is 4.74 Å². The van der Waals surface area contributed by atoms with Gasteiger partial charge in [-0.2, -0.15) is 0 Å². The van der Waals surface area contributed by atoms with Crippen molar-refractivity contribution in [1.82, 2.24) is 10.6 Å². The number of nitrogens with zero attached hydrogens (tertiary/aromatic N) is 1. The molecule has 1 fully saturated rings. The van der Waals surface area contributed by atoms with Crippen molar-refractivity contribution in [2.24, 2.45) is 4.99 Å². The number of aliphatic imine (C=N–C) groups is 1. The van der Waals surface area contributed by atoms with E-state index in [-0.39, 0.29) is 5.75 Å². The van der Waals surface area contributed by atoms with Gasteiger partial charge in [-0.25, -0.2) is 8.42 Å². The van der Waals surface area contributed by atoms with E-state index in [0.29, 0.717) is 18.5 Å². The number of nitrogens with one attached hydrogen (secondary N) is 2. The summed E-state index contributed by atoms with van der Waals surface area (Å²) in [4.78, 5) is 4.12. The van der Waals surface area contributed by atoms with Gasteiger partial charge in [0.15, 0.2) is 15.8 Å². The number of hydrogen-bond donors (Lipinski definition) is 2.